The van der Waals surface area contributed by atoms with E-state index in [-0.39, 0.29) is 17.3 Å². The number of amides is 2. The van der Waals surface area contributed by atoms with Crippen LogP contribution in [0.5, 0.6) is 5.75 Å². The highest BCUT2D eigenvalue weighted by atomic mass is 79.9. The van der Waals surface area contributed by atoms with Gasteiger partial charge >= 0.3 is 0 Å². The van der Waals surface area contributed by atoms with Crippen LogP contribution in [0.25, 0.3) is 0 Å². The zero-order valence-electron chi connectivity index (χ0n) is 16.4. The molecule has 0 unspecified atom stereocenters. The lowest BCUT2D eigenvalue weighted by molar-refractivity contribution is -0.114. The second-order valence-corrected chi connectivity index (χ2v) is 7.35. The van der Waals surface area contributed by atoms with Gasteiger partial charge in [-0.3, -0.25) is 14.4 Å². The largest absolute Gasteiger partial charge is 0.494 e. The molecule has 30 heavy (non-hydrogen) atoms. The molecule has 7 heteroatoms. The summed E-state index contributed by atoms with van der Waals surface area (Å²) < 4.78 is 6.14. The van der Waals surface area contributed by atoms with E-state index in [0.717, 1.165) is 4.47 Å². The SMILES string of the molecule is COc1cc(NC(=O)c2ccccc2C(=O)c2ccc(Br)cc2)ccc1NC(C)=O. The Bertz CT molecular complexity index is 1110. The number of carbonyl (C=O) groups excluding carboxylic acids is 3. The van der Waals surface area contributed by atoms with Gasteiger partial charge in [0.25, 0.3) is 5.91 Å². The number of methoxy groups -OCH3 is 1. The van der Waals surface area contributed by atoms with E-state index in [1.807, 2.05) is 0 Å². The first-order valence-corrected chi connectivity index (χ1v) is 9.84. The van der Waals surface area contributed by atoms with Crippen molar-refractivity contribution in [3.05, 3.63) is 87.9 Å². The van der Waals surface area contributed by atoms with E-state index >= 15 is 0 Å². The Balaban J connectivity index is 1.87. The van der Waals surface area contributed by atoms with Gasteiger partial charge in [0, 0.05) is 34.3 Å². The summed E-state index contributed by atoms with van der Waals surface area (Å²) in [5.41, 5.74) is 2.01. The Hall–Kier alpha value is -3.45. The number of hydrogen-bond acceptors (Lipinski definition) is 4. The smallest absolute Gasteiger partial charge is 0.256 e. The maximum atomic E-state index is 12.9. The molecule has 3 aromatic carbocycles. The number of ether oxygens (including phenoxy) is 1. The molecule has 0 saturated heterocycles. The van der Waals surface area contributed by atoms with Crippen molar-refractivity contribution in [2.45, 2.75) is 6.92 Å². The minimum Gasteiger partial charge on any atom is -0.494 e. The van der Waals surface area contributed by atoms with Gasteiger partial charge < -0.3 is 15.4 Å². The second kappa shape index (κ2) is 9.37. The fourth-order valence-corrected chi connectivity index (χ4v) is 3.16. The Labute approximate surface area is 182 Å². The standard InChI is InChI=1S/C23H19BrN2O4/c1-14(27)25-20-12-11-17(13-21(20)30-2)26-23(29)19-6-4-3-5-18(19)22(28)15-7-9-16(24)10-8-15/h3-13H,1-2H3,(H,25,27)(H,26,29). The molecule has 3 rings (SSSR count). The van der Waals surface area contributed by atoms with Gasteiger partial charge in [0.2, 0.25) is 5.91 Å². The molecule has 0 spiro atoms. The predicted octanol–water partition coefficient (Wildman–Crippen LogP) is 4.90. The maximum absolute atomic E-state index is 12.9. The van der Waals surface area contributed by atoms with Crippen molar-refractivity contribution in [1.82, 2.24) is 0 Å². The number of hydrogen-bond donors (Lipinski definition) is 2. The zero-order chi connectivity index (χ0) is 21.7. The monoisotopic (exact) mass is 466 g/mol. The van der Waals surface area contributed by atoms with Crippen LogP contribution < -0.4 is 15.4 Å². The minimum absolute atomic E-state index is 0.231. The molecule has 0 aromatic heterocycles. The summed E-state index contributed by atoms with van der Waals surface area (Å²) in [7, 11) is 1.47. The zero-order valence-corrected chi connectivity index (χ0v) is 17.9. The molecular formula is C23H19BrN2O4. The van der Waals surface area contributed by atoms with E-state index in [0.29, 0.717) is 28.3 Å². The number of anilines is 2. The molecule has 0 aliphatic heterocycles. The summed E-state index contributed by atoms with van der Waals surface area (Å²) in [6.07, 6.45) is 0. The molecule has 3 aromatic rings. The van der Waals surface area contributed by atoms with Gasteiger partial charge in [-0.05, 0) is 42.5 Å². The van der Waals surface area contributed by atoms with Gasteiger partial charge in [-0.25, -0.2) is 0 Å². The van der Waals surface area contributed by atoms with Gasteiger partial charge in [0.05, 0.1) is 18.4 Å². The number of benzene rings is 3. The molecule has 6 nitrogen and oxygen atoms in total. The van der Waals surface area contributed by atoms with E-state index in [4.69, 9.17) is 4.74 Å². The fraction of sp³-hybridized carbons (Fsp3) is 0.0870. The first kappa shape index (κ1) is 21.3. The van der Waals surface area contributed by atoms with Crippen LogP contribution in [-0.4, -0.2) is 24.7 Å². The van der Waals surface area contributed by atoms with Gasteiger partial charge in [-0.1, -0.05) is 34.1 Å². The first-order valence-electron chi connectivity index (χ1n) is 9.05. The van der Waals surface area contributed by atoms with Gasteiger partial charge in [0.1, 0.15) is 5.75 Å². The van der Waals surface area contributed by atoms with E-state index in [9.17, 15) is 14.4 Å². The van der Waals surface area contributed by atoms with Gasteiger partial charge in [-0.15, -0.1) is 0 Å². The third-order valence-corrected chi connectivity index (χ3v) is 4.82. The highest BCUT2D eigenvalue weighted by Crippen LogP contribution is 2.28. The summed E-state index contributed by atoms with van der Waals surface area (Å²) in [6.45, 7) is 1.40. The van der Waals surface area contributed by atoms with Crippen molar-refractivity contribution in [1.29, 1.82) is 0 Å². The Morgan fingerprint density at radius 3 is 2.17 bits per heavy atom. The fourth-order valence-electron chi connectivity index (χ4n) is 2.90. The van der Waals surface area contributed by atoms with Crippen LogP contribution in [0.1, 0.15) is 33.2 Å². The number of rotatable bonds is 6. The van der Waals surface area contributed by atoms with Crippen molar-refractivity contribution in [2.75, 3.05) is 17.7 Å². The van der Waals surface area contributed by atoms with Crippen LogP contribution >= 0.6 is 15.9 Å². The molecule has 2 N–H and O–H groups in total. The molecule has 0 fully saturated rings. The number of nitrogens with one attached hydrogen (secondary N) is 2. The molecule has 0 heterocycles. The van der Waals surface area contributed by atoms with Crippen LogP contribution in [0.3, 0.4) is 0 Å². The average molecular weight is 467 g/mol. The molecule has 2 amide bonds. The molecule has 0 aliphatic rings. The van der Waals surface area contributed by atoms with Crippen molar-refractivity contribution < 1.29 is 19.1 Å². The molecule has 0 atom stereocenters. The van der Waals surface area contributed by atoms with Crippen molar-refractivity contribution >= 4 is 44.9 Å². The number of halogens is 1. The Kier molecular flexibility index (Phi) is 6.64. The molecule has 0 radical (unpaired) electrons. The Morgan fingerprint density at radius 1 is 0.867 bits per heavy atom. The van der Waals surface area contributed by atoms with Gasteiger partial charge in [0.15, 0.2) is 5.78 Å². The molecule has 0 bridgehead atoms. The second-order valence-electron chi connectivity index (χ2n) is 6.43. The quantitative estimate of drug-likeness (QED) is 0.506. The normalized spacial score (nSPS) is 10.2. The summed E-state index contributed by atoms with van der Waals surface area (Å²) in [5, 5.41) is 5.44. The van der Waals surface area contributed by atoms with Crippen LogP contribution in [-0.2, 0) is 4.79 Å². The van der Waals surface area contributed by atoms with E-state index < -0.39 is 5.91 Å². The lowest BCUT2D eigenvalue weighted by atomic mass is 9.98. The molecule has 152 valence electrons. The van der Waals surface area contributed by atoms with Crippen molar-refractivity contribution in [2.24, 2.45) is 0 Å². The van der Waals surface area contributed by atoms with Crippen molar-refractivity contribution in [3.8, 4) is 5.75 Å². The number of ketones is 1. The van der Waals surface area contributed by atoms with Crippen LogP contribution in [0, 0.1) is 0 Å². The van der Waals surface area contributed by atoms with Crippen LogP contribution in [0.2, 0.25) is 0 Å². The summed E-state index contributed by atoms with van der Waals surface area (Å²) in [4.78, 5) is 37.1. The summed E-state index contributed by atoms with van der Waals surface area (Å²) in [6, 6.07) is 18.5. The Morgan fingerprint density at radius 2 is 1.53 bits per heavy atom. The highest BCUT2D eigenvalue weighted by Gasteiger charge is 2.18. The lowest BCUT2D eigenvalue weighted by Crippen LogP contribution is -2.17. The van der Waals surface area contributed by atoms with Gasteiger partial charge in [-0.2, -0.15) is 0 Å². The average Bonchev–Trinajstić information content (AvgIpc) is 2.74. The van der Waals surface area contributed by atoms with E-state index in [1.54, 1.807) is 66.7 Å². The van der Waals surface area contributed by atoms with Crippen LogP contribution in [0.4, 0.5) is 11.4 Å². The number of carbonyl (C=O) groups is 3. The van der Waals surface area contributed by atoms with Crippen molar-refractivity contribution in [3.63, 3.8) is 0 Å². The predicted molar refractivity (Wildman–Crippen MR) is 119 cm³/mol. The summed E-state index contributed by atoms with van der Waals surface area (Å²) in [5.74, 6) is -0.495. The minimum atomic E-state index is -0.426. The van der Waals surface area contributed by atoms with Crippen LogP contribution in [0.15, 0.2) is 71.2 Å². The topological polar surface area (TPSA) is 84.5 Å². The molecule has 0 saturated carbocycles. The van der Waals surface area contributed by atoms with E-state index in [1.165, 1.54) is 14.0 Å². The third kappa shape index (κ3) is 4.93. The summed E-state index contributed by atoms with van der Waals surface area (Å²) >= 11 is 3.35. The highest BCUT2D eigenvalue weighted by molar-refractivity contribution is 9.10. The molecule has 0 aliphatic carbocycles. The molecular weight excluding hydrogens is 448 g/mol. The maximum Gasteiger partial charge on any atom is 0.256 e. The lowest BCUT2D eigenvalue weighted by Gasteiger charge is -2.13. The van der Waals surface area contributed by atoms with E-state index in [2.05, 4.69) is 26.6 Å². The first-order chi connectivity index (χ1) is 14.4. The third-order valence-electron chi connectivity index (χ3n) is 4.29.